The Kier molecular flexibility index (Phi) is 3.55. The fourth-order valence-electron chi connectivity index (χ4n) is 1.20. The first-order valence-corrected chi connectivity index (χ1v) is 6.00. The van der Waals surface area contributed by atoms with Gasteiger partial charge in [0.15, 0.2) is 0 Å². The number of amides is 1. The smallest absolute Gasteiger partial charge is 0.271 e. The van der Waals surface area contributed by atoms with Gasteiger partial charge < -0.3 is 11.1 Å². The number of pyridine rings is 1. The van der Waals surface area contributed by atoms with E-state index >= 15 is 0 Å². The summed E-state index contributed by atoms with van der Waals surface area (Å²) >= 11 is 7.33. The zero-order valence-corrected chi connectivity index (χ0v) is 10.3. The molecule has 0 aliphatic rings. The highest BCUT2D eigenvalue weighted by molar-refractivity contribution is 7.09. The number of nitrogens with two attached hydrogens (primary N) is 1. The predicted molar refractivity (Wildman–Crippen MR) is 66.9 cm³/mol. The Morgan fingerprint density at radius 3 is 3.06 bits per heavy atom. The van der Waals surface area contributed by atoms with Crippen LogP contribution in [0.4, 0.5) is 5.82 Å². The number of nitrogens with one attached hydrogen (secondary N) is 1. The number of carbonyl (C=O) groups is 1. The molecule has 0 unspecified atom stereocenters. The SMILES string of the molecule is Nc1ccc(Cl)c(C(=O)NCc2cncs2)n1. The molecule has 0 aliphatic carbocycles. The van der Waals surface area contributed by atoms with E-state index in [4.69, 9.17) is 17.3 Å². The normalized spacial score (nSPS) is 10.2. The maximum absolute atomic E-state index is 11.8. The second kappa shape index (κ2) is 5.11. The van der Waals surface area contributed by atoms with E-state index in [2.05, 4.69) is 15.3 Å². The van der Waals surface area contributed by atoms with Crippen LogP contribution >= 0.6 is 22.9 Å². The Hall–Kier alpha value is -1.66. The van der Waals surface area contributed by atoms with Crippen LogP contribution in [0.25, 0.3) is 0 Å². The van der Waals surface area contributed by atoms with Gasteiger partial charge in [-0.2, -0.15) is 0 Å². The molecule has 0 atom stereocenters. The van der Waals surface area contributed by atoms with E-state index in [0.29, 0.717) is 6.54 Å². The first kappa shape index (κ1) is 11.8. The molecule has 0 bridgehead atoms. The Balaban J connectivity index is 2.07. The summed E-state index contributed by atoms with van der Waals surface area (Å²) in [6.07, 6.45) is 1.69. The predicted octanol–water partition coefficient (Wildman–Crippen LogP) is 1.70. The third kappa shape index (κ3) is 2.92. The first-order valence-electron chi connectivity index (χ1n) is 4.74. The molecule has 3 N–H and O–H groups in total. The molecule has 17 heavy (non-hydrogen) atoms. The Morgan fingerprint density at radius 1 is 1.53 bits per heavy atom. The van der Waals surface area contributed by atoms with Crippen molar-refractivity contribution in [2.24, 2.45) is 0 Å². The Morgan fingerprint density at radius 2 is 2.35 bits per heavy atom. The molecule has 0 aliphatic heterocycles. The molecular weight excluding hydrogens is 260 g/mol. The number of halogens is 1. The van der Waals surface area contributed by atoms with Crippen molar-refractivity contribution < 1.29 is 4.79 Å². The molecule has 2 heterocycles. The van der Waals surface area contributed by atoms with Gasteiger partial charge in [-0.1, -0.05) is 11.6 Å². The topological polar surface area (TPSA) is 80.9 Å². The number of hydrogen-bond acceptors (Lipinski definition) is 5. The average molecular weight is 269 g/mol. The molecule has 1 amide bonds. The lowest BCUT2D eigenvalue weighted by Gasteiger charge is -2.05. The van der Waals surface area contributed by atoms with E-state index in [1.54, 1.807) is 23.8 Å². The van der Waals surface area contributed by atoms with Crippen molar-refractivity contribution in [1.29, 1.82) is 0 Å². The van der Waals surface area contributed by atoms with Crippen LogP contribution in [0.2, 0.25) is 5.02 Å². The minimum absolute atomic E-state index is 0.135. The van der Waals surface area contributed by atoms with Gasteiger partial charge in [0.1, 0.15) is 11.5 Å². The molecule has 88 valence electrons. The molecule has 0 fully saturated rings. The van der Waals surface area contributed by atoms with E-state index in [0.717, 1.165) is 4.88 Å². The van der Waals surface area contributed by atoms with Crippen LogP contribution in [0.3, 0.4) is 0 Å². The summed E-state index contributed by atoms with van der Waals surface area (Å²) in [5.74, 6) is -0.0898. The van der Waals surface area contributed by atoms with E-state index in [1.165, 1.54) is 11.3 Å². The van der Waals surface area contributed by atoms with Crippen molar-refractivity contribution >= 4 is 34.7 Å². The number of rotatable bonds is 3. The number of nitrogen functional groups attached to an aromatic ring is 1. The number of thiazole rings is 1. The second-order valence-corrected chi connectivity index (χ2v) is 4.60. The van der Waals surface area contributed by atoms with E-state index in [9.17, 15) is 4.79 Å². The largest absolute Gasteiger partial charge is 0.384 e. The van der Waals surface area contributed by atoms with Gasteiger partial charge in [0.05, 0.1) is 17.1 Å². The number of aromatic nitrogens is 2. The summed E-state index contributed by atoms with van der Waals surface area (Å²) in [4.78, 5) is 20.5. The Bertz CT molecular complexity index is 529. The molecule has 2 aromatic heterocycles. The zero-order chi connectivity index (χ0) is 12.3. The van der Waals surface area contributed by atoms with Crippen LogP contribution in [0.5, 0.6) is 0 Å². The maximum atomic E-state index is 11.8. The third-order valence-electron chi connectivity index (χ3n) is 1.99. The van der Waals surface area contributed by atoms with E-state index in [1.807, 2.05) is 0 Å². The molecule has 5 nitrogen and oxygen atoms in total. The molecule has 0 saturated heterocycles. The third-order valence-corrected chi connectivity index (χ3v) is 3.07. The van der Waals surface area contributed by atoms with E-state index in [-0.39, 0.29) is 22.4 Å². The van der Waals surface area contributed by atoms with Gasteiger partial charge in [0.25, 0.3) is 5.91 Å². The van der Waals surface area contributed by atoms with Gasteiger partial charge in [-0.05, 0) is 12.1 Å². The van der Waals surface area contributed by atoms with Crippen molar-refractivity contribution in [3.63, 3.8) is 0 Å². The minimum atomic E-state index is -0.351. The Labute approximate surface area is 107 Å². The first-order chi connectivity index (χ1) is 8.16. The fourth-order valence-corrected chi connectivity index (χ4v) is 1.92. The van der Waals surface area contributed by atoms with Crippen molar-refractivity contribution in [3.8, 4) is 0 Å². The average Bonchev–Trinajstić information content (AvgIpc) is 2.82. The molecule has 2 aromatic rings. The van der Waals surface area contributed by atoms with Gasteiger partial charge in [-0.3, -0.25) is 9.78 Å². The second-order valence-electron chi connectivity index (χ2n) is 3.22. The van der Waals surface area contributed by atoms with Crippen LogP contribution in [0.1, 0.15) is 15.4 Å². The number of anilines is 1. The van der Waals surface area contributed by atoms with Crippen LogP contribution < -0.4 is 11.1 Å². The number of hydrogen-bond donors (Lipinski definition) is 2. The van der Waals surface area contributed by atoms with Gasteiger partial charge in [-0.15, -0.1) is 11.3 Å². The van der Waals surface area contributed by atoms with Gasteiger partial charge in [0, 0.05) is 11.1 Å². The summed E-state index contributed by atoms with van der Waals surface area (Å²) in [5.41, 5.74) is 7.34. The molecular formula is C10H9ClN4OS. The number of nitrogens with zero attached hydrogens (tertiary/aromatic N) is 2. The summed E-state index contributed by atoms with van der Waals surface area (Å²) < 4.78 is 0. The van der Waals surface area contributed by atoms with Crippen molar-refractivity contribution in [1.82, 2.24) is 15.3 Å². The highest BCUT2D eigenvalue weighted by Crippen LogP contribution is 2.15. The molecule has 0 saturated carbocycles. The molecule has 0 aromatic carbocycles. The summed E-state index contributed by atoms with van der Waals surface area (Å²) in [5, 5.41) is 2.98. The summed E-state index contributed by atoms with van der Waals surface area (Å²) in [7, 11) is 0. The van der Waals surface area contributed by atoms with Gasteiger partial charge in [-0.25, -0.2) is 4.98 Å². The lowest BCUT2D eigenvalue weighted by atomic mass is 10.3. The molecule has 7 heteroatoms. The van der Waals surface area contributed by atoms with Crippen molar-refractivity contribution in [2.45, 2.75) is 6.54 Å². The monoisotopic (exact) mass is 268 g/mol. The molecule has 2 rings (SSSR count). The molecule has 0 radical (unpaired) electrons. The summed E-state index contributed by atoms with van der Waals surface area (Å²) in [6, 6.07) is 3.09. The van der Waals surface area contributed by atoms with Crippen molar-refractivity contribution in [2.75, 3.05) is 5.73 Å². The number of carbonyl (C=O) groups excluding carboxylic acids is 1. The molecule has 0 spiro atoms. The van der Waals surface area contributed by atoms with Gasteiger partial charge >= 0.3 is 0 Å². The lowest BCUT2D eigenvalue weighted by Crippen LogP contribution is -2.24. The standard InChI is InChI=1S/C10H9ClN4OS/c11-7-1-2-8(12)15-9(7)10(16)14-4-6-3-13-5-17-6/h1-3,5H,4H2,(H2,12,15)(H,14,16). The van der Waals surface area contributed by atoms with Crippen LogP contribution in [0.15, 0.2) is 23.8 Å². The van der Waals surface area contributed by atoms with Crippen molar-refractivity contribution in [3.05, 3.63) is 39.4 Å². The van der Waals surface area contributed by atoms with Crippen LogP contribution in [0, 0.1) is 0 Å². The van der Waals surface area contributed by atoms with Gasteiger partial charge in [0.2, 0.25) is 0 Å². The van der Waals surface area contributed by atoms with Crippen LogP contribution in [-0.2, 0) is 6.54 Å². The minimum Gasteiger partial charge on any atom is -0.384 e. The highest BCUT2D eigenvalue weighted by atomic mass is 35.5. The zero-order valence-electron chi connectivity index (χ0n) is 8.68. The maximum Gasteiger partial charge on any atom is 0.271 e. The quantitative estimate of drug-likeness (QED) is 0.888. The summed E-state index contributed by atoms with van der Waals surface area (Å²) in [6.45, 7) is 0.399. The highest BCUT2D eigenvalue weighted by Gasteiger charge is 2.12. The lowest BCUT2D eigenvalue weighted by molar-refractivity contribution is 0.0946. The van der Waals surface area contributed by atoms with Crippen LogP contribution in [-0.4, -0.2) is 15.9 Å². The van der Waals surface area contributed by atoms with E-state index < -0.39 is 0 Å². The fraction of sp³-hybridized carbons (Fsp3) is 0.100.